The largest absolute Gasteiger partial charge is 0.497 e. The Morgan fingerprint density at radius 1 is 1.11 bits per heavy atom. The predicted molar refractivity (Wildman–Crippen MR) is 106 cm³/mol. The summed E-state index contributed by atoms with van der Waals surface area (Å²) < 4.78 is 5.09. The van der Waals surface area contributed by atoms with Crippen LogP contribution in [0.5, 0.6) is 5.75 Å². The van der Waals surface area contributed by atoms with Gasteiger partial charge in [0.1, 0.15) is 11.4 Å². The van der Waals surface area contributed by atoms with Crippen molar-refractivity contribution in [1.29, 1.82) is 0 Å². The van der Waals surface area contributed by atoms with Gasteiger partial charge in [0.05, 0.1) is 13.7 Å². The van der Waals surface area contributed by atoms with Crippen molar-refractivity contribution in [3.63, 3.8) is 0 Å². The highest BCUT2D eigenvalue weighted by molar-refractivity contribution is 6.01. The molecular weight excluding hydrogens is 342 g/mol. The van der Waals surface area contributed by atoms with E-state index in [0.717, 1.165) is 22.0 Å². The molecule has 140 valence electrons. The summed E-state index contributed by atoms with van der Waals surface area (Å²) in [6.45, 7) is 3.99. The van der Waals surface area contributed by atoms with Gasteiger partial charge >= 0.3 is 0 Å². The molecule has 0 radical (unpaired) electrons. The minimum atomic E-state index is -0.265. The van der Waals surface area contributed by atoms with Gasteiger partial charge in [-0.2, -0.15) is 0 Å². The molecule has 2 N–H and O–H groups in total. The summed E-state index contributed by atoms with van der Waals surface area (Å²) in [4.78, 5) is 29.5. The molecule has 27 heavy (non-hydrogen) atoms. The van der Waals surface area contributed by atoms with Crippen LogP contribution in [0, 0.1) is 13.8 Å². The molecule has 3 rings (SSSR count). The van der Waals surface area contributed by atoms with Gasteiger partial charge in [0, 0.05) is 23.6 Å². The highest BCUT2D eigenvalue weighted by atomic mass is 16.5. The number of anilines is 1. The van der Waals surface area contributed by atoms with Gasteiger partial charge in [0.15, 0.2) is 0 Å². The maximum Gasteiger partial charge on any atom is 0.270 e. The maximum absolute atomic E-state index is 12.7. The fraction of sp³-hybridized carbons (Fsp3) is 0.238. The molecule has 1 aromatic heterocycles. The number of rotatable bonds is 5. The number of hydrogen-bond donors (Lipinski definition) is 2. The van der Waals surface area contributed by atoms with Gasteiger partial charge in [-0.1, -0.05) is 6.07 Å². The number of methoxy groups -OCH3 is 1. The van der Waals surface area contributed by atoms with Crippen molar-refractivity contribution in [2.45, 2.75) is 13.8 Å². The summed E-state index contributed by atoms with van der Waals surface area (Å²) in [5, 5.41) is 3.79. The van der Waals surface area contributed by atoms with Crippen LogP contribution in [0.15, 0.2) is 42.5 Å². The smallest absolute Gasteiger partial charge is 0.270 e. The Labute approximate surface area is 158 Å². The number of aromatic nitrogens is 1. The lowest BCUT2D eigenvalue weighted by Gasteiger charge is -2.16. The molecular formula is C21H23N3O3. The Morgan fingerprint density at radius 3 is 2.48 bits per heavy atom. The van der Waals surface area contributed by atoms with E-state index in [0.29, 0.717) is 17.1 Å². The second-order valence-corrected chi connectivity index (χ2v) is 6.66. The van der Waals surface area contributed by atoms with Crippen molar-refractivity contribution >= 4 is 28.4 Å². The molecule has 0 atom stereocenters. The van der Waals surface area contributed by atoms with Gasteiger partial charge in [-0.25, -0.2) is 0 Å². The zero-order chi connectivity index (χ0) is 19.6. The Bertz CT molecular complexity index is 990. The average molecular weight is 365 g/mol. The van der Waals surface area contributed by atoms with Crippen molar-refractivity contribution in [3.05, 3.63) is 59.3 Å². The van der Waals surface area contributed by atoms with Crippen LogP contribution in [-0.4, -0.2) is 42.4 Å². The molecule has 0 bridgehead atoms. The fourth-order valence-electron chi connectivity index (χ4n) is 3.08. The van der Waals surface area contributed by atoms with Crippen molar-refractivity contribution in [1.82, 2.24) is 9.88 Å². The summed E-state index contributed by atoms with van der Waals surface area (Å²) in [6.07, 6.45) is 0. The summed E-state index contributed by atoms with van der Waals surface area (Å²) in [7, 11) is 3.19. The number of carbonyl (C=O) groups is 2. The molecule has 2 aromatic carbocycles. The van der Waals surface area contributed by atoms with E-state index in [4.69, 9.17) is 4.74 Å². The highest BCUT2D eigenvalue weighted by Crippen LogP contribution is 2.22. The van der Waals surface area contributed by atoms with Crippen LogP contribution in [-0.2, 0) is 4.79 Å². The summed E-state index contributed by atoms with van der Waals surface area (Å²) in [6, 6.07) is 13.0. The Hall–Kier alpha value is -3.28. The van der Waals surface area contributed by atoms with E-state index in [2.05, 4.69) is 16.4 Å². The Kier molecular flexibility index (Phi) is 5.16. The molecule has 6 nitrogen and oxygen atoms in total. The minimum Gasteiger partial charge on any atom is -0.497 e. The third-order valence-corrected chi connectivity index (χ3v) is 4.42. The van der Waals surface area contributed by atoms with Crippen LogP contribution < -0.4 is 10.1 Å². The average Bonchev–Trinajstić information content (AvgIpc) is 3.05. The molecule has 0 fully saturated rings. The summed E-state index contributed by atoms with van der Waals surface area (Å²) in [5.74, 6) is 0.219. The van der Waals surface area contributed by atoms with E-state index in [1.807, 2.05) is 26.0 Å². The summed E-state index contributed by atoms with van der Waals surface area (Å²) in [5.41, 5.74) is 4.29. The summed E-state index contributed by atoms with van der Waals surface area (Å²) >= 11 is 0. The maximum atomic E-state index is 12.7. The number of aryl methyl sites for hydroxylation is 2. The molecule has 1 heterocycles. The quantitative estimate of drug-likeness (QED) is 0.727. The van der Waals surface area contributed by atoms with Gasteiger partial charge in [0.2, 0.25) is 5.91 Å². The second-order valence-electron chi connectivity index (χ2n) is 6.66. The first-order valence-corrected chi connectivity index (χ1v) is 8.66. The highest BCUT2D eigenvalue weighted by Gasteiger charge is 2.18. The van der Waals surface area contributed by atoms with Crippen molar-refractivity contribution in [3.8, 4) is 5.75 Å². The van der Waals surface area contributed by atoms with E-state index in [1.165, 1.54) is 4.90 Å². The van der Waals surface area contributed by atoms with Gasteiger partial charge in [0.25, 0.3) is 5.91 Å². The predicted octanol–water partition coefficient (Wildman–Crippen LogP) is 3.50. The SMILES string of the molecule is COc1ccc(NC(=O)CN(C)C(=O)c2cc3c(C)cc(C)cc3[nH]2)cc1. The third kappa shape index (κ3) is 4.11. The molecule has 0 aliphatic rings. The monoisotopic (exact) mass is 365 g/mol. The molecule has 0 aliphatic heterocycles. The number of hydrogen-bond acceptors (Lipinski definition) is 3. The van der Waals surface area contributed by atoms with E-state index >= 15 is 0 Å². The van der Waals surface area contributed by atoms with E-state index in [1.54, 1.807) is 38.4 Å². The number of H-pyrrole nitrogens is 1. The lowest BCUT2D eigenvalue weighted by Crippen LogP contribution is -2.35. The molecule has 0 unspecified atom stereocenters. The van der Waals surface area contributed by atoms with Gasteiger partial charge in [-0.3, -0.25) is 9.59 Å². The molecule has 0 saturated heterocycles. The van der Waals surface area contributed by atoms with Crippen LogP contribution in [0.2, 0.25) is 0 Å². The normalized spacial score (nSPS) is 10.7. The molecule has 3 aromatic rings. The first kappa shape index (κ1) is 18.5. The van der Waals surface area contributed by atoms with Gasteiger partial charge in [-0.15, -0.1) is 0 Å². The molecule has 6 heteroatoms. The number of aromatic amines is 1. The minimum absolute atomic E-state index is 0.0434. The van der Waals surface area contributed by atoms with E-state index < -0.39 is 0 Å². The number of nitrogens with zero attached hydrogens (tertiary/aromatic N) is 1. The first-order valence-electron chi connectivity index (χ1n) is 8.66. The van der Waals surface area contributed by atoms with Crippen LogP contribution in [0.25, 0.3) is 10.9 Å². The van der Waals surface area contributed by atoms with Crippen LogP contribution >= 0.6 is 0 Å². The van der Waals surface area contributed by atoms with E-state index in [-0.39, 0.29) is 18.4 Å². The molecule has 0 aliphatic carbocycles. The number of nitrogens with one attached hydrogen (secondary N) is 2. The third-order valence-electron chi connectivity index (χ3n) is 4.42. The molecule has 0 saturated carbocycles. The van der Waals surface area contributed by atoms with Crippen molar-refractivity contribution < 1.29 is 14.3 Å². The number of likely N-dealkylation sites (N-methyl/N-ethyl adjacent to an activating group) is 1. The van der Waals surface area contributed by atoms with Crippen molar-refractivity contribution in [2.24, 2.45) is 0 Å². The number of fused-ring (bicyclic) bond motifs is 1. The second kappa shape index (κ2) is 7.53. The number of benzene rings is 2. The fourth-order valence-corrected chi connectivity index (χ4v) is 3.08. The topological polar surface area (TPSA) is 74.4 Å². The lowest BCUT2D eigenvalue weighted by molar-refractivity contribution is -0.116. The van der Waals surface area contributed by atoms with Crippen LogP contribution in [0.4, 0.5) is 5.69 Å². The zero-order valence-electron chi connectivity index (χ0n) is 15.9. The Balaban J connectivity index is 1.67. The number of carbonyl (C=O) groups excluding carboxylic acids is 2. The number of ether oxygens (including phenoxy) is 1. The van der Waals surface area contributed by atoms with Gasteiger partial charge in [-0.05, 0) is 61.4 Å². The Morgan fingerprint density at radius 2 is 1.81 bits per heavy atom. The van der Waals surface area contributed by atoms with Gasteiger partial charge < -0.3 is 19.9 Å². The standard InChI is InChI=1S/C21H23N3O3/c1-13-9-14(2)17-11-19(23-18(17)10-13)21(26)24(3)12-20(25)22-15-5-7-16(27-4)8-6-15/h5-11,23H,12H2,1-4H3,(H,22,25). The zero-order valence-corrected chi connectivity index (χ0v) is 15.9. The first-order chi connectivity index (χ1) is 12.9. The van der Waals surface area contributed by atoms with Crippen molar-refractivity contribution in [2.75, 3.05) is 26.0 Å². The molecule has 0 spiro atoms. The molecule has 2 amide bonds. The number of amides is 2. The van der Waals surface area contributed by atoms with E-state index in [9.17, 15) is 9.59 Å². The van der Waals surface area contributed by atoms with Crippen LogP contribution in [0.3, 0.4) is 0 Å². The lowest BCUT2D eigenvalue weighted by atomic mass is 10.1. The van der Waals surface area contributed by atoms with Crippen LogP contribution in [0.1, 0.15) is 21.6 Å².